The largest absolute Gasteiger partial charge is 0.478 e. The molecule has 0 aliphatic carbocycles. The van der Waals surface area contributed by atoms with Gasteiger partial charge in [0.2, 0.25) is 10.0 Å². The molecule has 1 rings (SSSR count). The summed E-state index contributed by atoms with van der Waals surface area (Å²) in [7, 11) is -2.02. The molecule has 0 spiro atoms. The summed E-state index contributed by atoms with van der Waals surface area (Å²) in [5.41, 5.74) is 0.254. The van der Waals surface area contributed by atoms with Crippen LogP contribution in [0.25, 0.3) is 0 Å². The zero-order chi connectivity index (χ0) is 12.5. The fourth-order valence-electron chi connectivity index (χ4n) is 1.06. The normalized spacial score (nSPS) is 11.2. The summed E-state index contributed by atoms with van der Waals surface area (Å²) in [5, 5.41) is 8.74. The second-order valence-corrected chi connectivity index (χ2v) is 5.62. The SMILES string of the molecule is CN(c1ccc(C(=O)O)c(Cl)c1)S(C)(=O)=O. The Kier molecular flexibility index (Phi) is 3.44. The lowest BCUT2D eigenvalue weighted by atomic mass is 10.2. The van der Waals surface area contributed by atoms with E-state index in [2.05, 4.69) is 0 Å². The molecule has 0 heterocycles. The molecular formula is C9H10ClNO4S. The van der Waals surface area contributed by atoms with Gasteiger partial charge in [-0.2, -0.15) is 0 Å². The number of benzene rings is 1. The van der Waals surface area contributed by atoms with E-state index >= 15 is 0 Å². The highest BCUT2D eigenvalue weighted by molar-refractivity contribution is 7.92. The molecule has 0 radical (unpaired) electrons. The lowest BCUT2D eigenvalue weighted by Crippen LogP contribution is -2.24. The van der Waals surface area contributed by atoms with Gasteiger partial charge >= 0.3 is 5.97 Å². The highest BCUT2D eigenvalue weighted by Crippen LogP contribution is 2.24. The Balaban J connectivity index is 3.21. The third-order valence-corrected chi connectivity index (χ3v) is 3.56. The van der Waals surface area contributed by atoms with Crippen molar-refractivity contribution in [3.05, 3.63) is 28.8 Å². The third kappa shape index (κ3) is 2.65. The van der Waals surface area contributed by atoms with Gasteiger partial charge in [0.25, 0.3) is 0 Å². The standard InChI is InChI=1S/C9H10ClNO4S/c1-11(16(2,14)15)6-3-4-7(9(12)13)8(10)5-6/h3-5H,1-2H3,(H,12,13). The monoisotopic (exact) mass is 263 g/mol. The van der Waals surface area contributed by atoms with Crippen LogP contribution in [0.5, 0.6) is 0 Å². The number of carboxylic acid groups (broad SMARTS) is 1. The molecule has 5 nitrogen and oxygen atoms in total. The average Bonchev–Trinajstić information content (AvgIpc) is 2.14. The highest BCUT2D eigenvalue weighted by Gasteiger charge is 2.15. The molecule has 88 valence electrons. The molecule has 0 bridgehead atoms. The summed E-state index contributed by atoms with van der Waals surface area (Å²) >= 11 is 5.72. The zero-order valence-electron chi connectivity index (χ0n) is 8.64. The molecule has 0 amide bonds. The van der Waals surface area contributed by atoms with Crippen molar-refractivity contribution in [2.45, 2.75) is 0 Å². The smallest absolute Gasteiger partial charge is 0.337 e. The van der Waals surface area contributed by atoms with Gasteiger partial charge in [-0.1, -0.05) is 11.6 Å². The number of halogens is 1. The van der Waals surface area contributed by atoms with E-state index in [1.165, 1.54) is 25.2 Å². The lowest BCUT2D eigenvalue weighted by Gasteiger charge is -2.17. The molecule has 0 saturated heterocycles. The van der Waals surface area contributed by atoms with E-state index in [0.29, 0.717) is 5.69 Å². The number of hydrogen-bond donors (Lipinski definition) is 1. The zero-order valence-corrected chi connectivity index (χ0v) is 10.2. The first-order valence-electron chi connectivity index (χ1n) is 4.20. The predicted molar refractivity (Wildman–Crippen MR) is 61.7 cm³/mol. The minimum absolute atomic E-state index is 0.000463. The fourth-order valence-corrected chi connectivity index (χ4v) is 1.82. The molecule has 16 heavy (non-hydrogen) atoms. The van der Waals surface area contributed by atoms with Gasteiger partial charge in [-0.25, -0.2) is 13.2 Å². The maximum absolute atomic E-state index is 11.2. The Labute approximate surface area is 98.3 Å². The van der Waals surface area contributed by atoms with E-state index in [4.69, 9.17) is 16.7 Å². The summed E-state index contributed by atoms with van der Waals surface area (Å²) in [6.07, 6.45) is 1.05. The van der Waals surface area contributed by atoms with Crippen LogP contribution in [-0.2, 0) is 10.0 Å². The lowest BCUT2D eigenvalue weighted by molar-refractivity contribution is 0.0697. The van der Waals surface area contributed by atoms with E-state index in [0.717, 1.165) is 10.6 Å². The summed E-state index contributed by atoms with van der Waals surface area (Å²) in [5.74, 6) is -1.15. The molecule has 0 aliphatic heterocycles. The average molecular weight is 264 g/mol. The molecule has 1 aromatic rings. The van der Waals surface area contributed by atoms with Crippen molar-refractivity contribution in [1.82, 2.24) is 0 Å². The molecule has 1 N–H and O–H groups in total. The Morgan fingerprint density at radius 3 is 2.38 bits per heavy atom. The van der Waals surface area contributed by atoms with Gasteiger partial charge in [0, 0.05) is 7.05 Å². The van der Waals surface area contributed by atoms with Crippen LogP contribution in [-0.4, -0.2) is 32.8 Å². The van der Waals surface area contributed by atoms with E-state index in [9.17, 15) is 13.2 Å². The fraction of sp³-hybridized carbons (Fsp3) is 0.222. The van der Waals surface area contributed by atoms with Crippen LogP contribution in [0.4, 0.5) is 5.69 Å². The van der Waals surface area contributed by atoms with E-state index in [1.54, 1.807) is 0 Å². The first-order valence-corrected chi connectivity index (χ1v) is 6.43. The molecule has 0 aromatic heterocycles. The second-order valence-electron chi connectivity index (χ2n) is 3.20. The van der Waals surface area contributed by atoms with Crippen LogP contribution in [0.1, 0.15) is 10.4 Å². The molecule has 0 atom stereocenters. The van der Waals surface area contributed by atoms with Crippen molar-refractivity contribution in [3.63, 3.8) is 0 Å². The molecule has 1 aromatic carbocycles. The number of sulfonamides is 1. The number of carboxylic acids is 1. The second kappa shape index (κ2) is 4.31. The summed E-state index contributed by atoms with van der Waals surface area (Å²) in [6.45, 7) is 0. The minimum atomic E-state index is -3.38. The molecule has 0 aliphatic rings. The maximum atomic E-state index is 11.2. The summed E-state index contributed by atoms with van der Waals surface area (Å²) in [6, 6.07) is 3.95. The van der Waals surface area contributed by atoms with E-state index < -0.39 is 16.0 Å². The first-order chi connectivity index (χ1) is 7.23. The van der Waals surface area contributed by atoms with Crippen LogP contribution in [0.3, 0.4) is 0 Å². The number of anilines is 1. The molecule has 7 heteroatoms. The Morgan fingerprint density at radius 2 is 2.00 bits per heavy atom. The quantitative estimate of drug-likeness (QED) is 0.895. The van der Waals surface area contributed by atoms with Crippen molar-refractivity contribution in [1.29, 1.82) is 0 Å². The van der Waals surface area contributed by atoms with Crippen LogP contribution >= 0.6 is 11.6 Å². The van der Waals surface area contributed by atoms with Crippen LogP contribution in [0, 0.1) is 0 Å². The first kappa shape index (κ1) is 12.8. The number of aromatic carboxylic acids is 1. The van der Waals surface area contributed by atoms with Crippen molar-refractivity contribution in [2.24, 2.45) is 0 Å². The number of rotatable bonds is 3. The van der Waals surface area contributed by atoms with E-state index in [1.807, 2.05) is 0 Å². The van der Waals surface area contributed by atoms with Gasteiger partial charge in [-0.3, -0.25) is 4.31 Å². The van der Waals surface area contributed by atoms with Gasteiger partial charge in [0.15, 0.2) is 0 Å². The van der Waals surface area contributed by atoms with Gasteiger partial charge in [-0.15, -0.1) is 0 Å². The van der Waals surface area contributed by atoms with Crippen LogP contribution < -0.4 is 4.31 Å². The topological polar surface area (TPSA) is 74.7 Å². The number of hydrogen-bond acceptors (Lipinski definition) is 3. The highest BCUT2D eigenvalue weighted by atomic mass is 35.5. The van der Waals surface area contributed by atoms with Crippen molar-refractivity contribution in [3.8, 4) is 0 Å². The van der Waals surface area contributed by atoms with Crippen LogP contribution in [0.2, 0.25) is 5.02 Å². The van der Waals surface area contributed by atoms with Gasteiger partial charge in [-0.05, 0) is 18.2 Å². The van der Waals surface area contributed by atoms with Crippen molar-refractivity contribution < 1.29 is 18.3 Å². The minimum Gasteiger partial charge on any atom is -0.478 e. The molecule has 0 saturated carbocycles. The maximum Gasteiger partial charge on any atom is 0.337 e. The molecule has 0 fully saturated rings. The number of nitrogens with zero attached hydrogens (tertiary/aromatic N) is 1. The van der Waals surface area contributed by atoms with Crippen molar-refractivity contribution >= 4 is 33.3 Å². The van der Waals surface area contributed by atoms with Crippen molar-refractivity contribution in [2.75, 3.05) is 17.6 Å². The molecular weight excluding hydrogens is 254 g/mol. The summed E-state index contributed by atoms with van der Waals surface area (Å²) < 4.78 is 23.5. The van der Waals surface area contributed by atoms with Crippen LogP contribution in [0.15, 0.2) is 18.2 Å². The van der Waals surface area contributed by atoms with Gasteiger partial charge in [0.1, 0.15) is 0 Å². The molecule has 0 unspecified atom stereocenters. The van der Waals surface area contributed by atoms with Gasteiger partial charge < -0.3 is 5.11 Å². The predicted octanol–water partition coefficient (Wildman–Crippen LogP) is 1.43. The Morgan fingerprint density at radius 1 is 1.44 bits per heavy atom. The summed E-state index contributed by atoms with van der Waals surface area (Å²) in [4.78, 5) is 10.7. The van der Waals surface area contributed by atoms with Gasteiger partial charge in [0.05, 0.1) is 22.5 Å². The third-order valence-electron chi connectivity index (χ3n) is 2.04. The number of carbonyl (C=O) groups is 1. The van der Waals surface area contributed by atoms with E-state index in [-0.39, 0.29) is 10.6 Å². The Bertz CT molecular complexity index is 526. The Hall–Kier alpha value is -1.27.